The fourth-order valence-electron chi connectivity index (χ4n) is 4.42. The van der Waals surface area contributed by atoms with Crippen LogP contribution in [0.3, 0.4) is 0 Å². The summed E-state index contributed by atoms with van der Waals surface area (Å²) in [5.41, 5.74) is 8.64. The SMILES string of the molecule is CCSc1oc(C)cc1C1C(C#N)=C(N)N(c2cc([N+](=O)[O-])ccc2Cl)C2=C1C(=O)CCC2. The zero-order chi connectivity index (χ0) is 23.9. The lowest BCUT2D eigenvalue weighted by atomic mass is 9.76. The maximum absolute atomic E-state index is 13.3. The third-order valence-electron chi connectivity index (χ3n) is 5.73. The summed E-state index contributed by atoms with van der Waals surface area (Å²) >= 11 is 7.92. The average molecular weight is 485 g/mol. The molecule has 8 nitrogen and oxygen atoms in total. The molecule has 0 spiro atoms. The summed E-state index contributed by atoms with van der Waals surface area (Å²) in [6.07, 6.45) is 1.46. The fraction of sp³-hybridized carbons (Fsp3) is 0.304. The number of nitrogens with two attached hydrogens (primary N) is 1. The summed E-state index contributed by atoms with van der Waals surface area (Å²) in [4.78, 5) is 25.7. The number of aryl methyl sites for hydroxylation is 1. The molecule has 1 atom stereocenters. The molecule has 0 amide bonds. The Morgan fingerprint density at radius 1 is 1.39 bits per heavy atom. The number of nitriles is 1. The van der Waals surface area contributed by atoms with Crippen LogP contribution in [0.25, 0.3) is 0 Å². The van der Waals surface area contributed by atoms with E-state index in [0.717, 1.165) is 11.3 Å². The molecule has 1 unspecified atom stereocenters. The van der Waals surface area contributed by atoms with Crippen LogP contribution in [0.4, 0.5) is 11.4 Å². The number of thioether (sulfide) groups is 1. The van der Waals surface area contributed by atoms with E-state index in [1.165, 1.54) is 34.9 Å². The van der Waals surface area contributed by atoms with E-state index in [9.17, 15) is 20.2 Å². The van der Waals surface area contributed by atoms with Crippen LogP contribution in [0.5, 0.6) is 0 Å². The number of furan rings is 1. The summed E-state index contributed by atoms with van der Waals surface area (Å²) in [5.74, 6) is 0.775. The number of rotatable bonds is 5. The van der Waals surface area contributed by atoms with E-state index >= 15 is 0 Å². The van der Waals surface area contributed by atoms with Gasteiger partial charge in [-0.05, 0) is 37.7 Å². The van der Waals surface area contributed by atoms with Gasteiger partial charge in [0.15, 0.2) is 10.9 Å². The number of nitro benzene ring substituents is 1. The zero-order valence-corrected chi connectivity index (χ0v) is 19.6. The van der Waals surface area contributed by atoms with Gasteiger partial charge >= 0.3 is 0 Å². The van der Waals surface area contributed by atoms with E-state index in [1.807, 2.05) is 19.9 Å². The molecule has 1 aromatic carbocycles. The Kier molecular flexibility index (Phi) is 6.23. The number of halogens is 1. The van der Waals surface area contributed by atoms with Gasteiger partial charge in [0.05, 0.1) is 33.2 Å². The topological polar surface area (TPSA) is 126 Å². The Morgan fingerprint density at radius 2 is 2.15 bits per heavy atom. The number of allylic oxidation sites excluding steroid dienone is 3. The van der Waals surface area contributed by atoms with Crippen molar-refractivity contribution in [2.24, 2.45) is 5.73 Å². The first-order valence-electron chi connectivity index (χ1n) is 10.4. The molecule has 2 aromatic rings. The second-order valence-electron chi connectivity index (χ2n) is 7.74. The van der Waals surface area contributed by atoms with Crippen molar-refractivity contribution in [3.63, 3.8) is 0 Å². The number of anilines is 1. The van der Waals surface area contributed by atoms with Gasteiger partial charge in [-0.1, -0.05) is 30.3 Å². The molecule has 33 heavy (non-hydrogen) atoms. The third-order valence-corrected chi connectivity index (χ3v) is 6.92. The molecule has 1 aliphatic heterocycles. The lowest BCUT2D eigenvalue weighted by Crippen LogP contribution is -2.39. The van der Waals surface area contributed by atoms with Crippen molar-refractivity contribution >= 4 is 40.5 Å². The molecule has 0 fully saturated rings. The van der Waals surface area contributed by atoms with Crippen LogP contribution in [0.1, 0.15) is 43.4 Å². The van der Waals surface area contributed by atoms with Crippen molar-refractivity contribution in [1.29, 1.82) is 5.26 Å². The molecule has 2 N–H and O–H groups in total. The number of non-ortho nitro benzene ring substituents is 1. The van der Waals surface area contributed by atoms with Gasteiger partial charge in [-0.3, -0.25) is 19.8 Å². The third kappa shape index (κ3) is 3.90. The van der Waals surface area contributed by atoms with Crippen LogP contribution < -0.4 is 10.6 Å². The first kappa shape index (κ1) is 23.0. The van der Waals surface area contributed by atoms with Crippen LogP contribution in [-0.4, -0.2) is 16.5 Å². The standard InChI is InChI=1S/C23H21ClN4O4S/c1-3-33-23-14(9-12(2)32-23)20-15(11-25)22(26)27(17-5-4-6-19(29)21(17)20)18-10-13(28(30)31)7-8-16(18)24/h7-10,20H,3-6,26H2,1-2H3. The summed E-state index contributed by atoms with van der Waals surface area (Å²) in [6.45, 7) is 3.81. The Labute approximate surface area is 199 Å². The van der Waals surface area contributed by atoms with Crippen molar-refractivity contribution in [1.82, 2.24) is 0 Å². The molecule has 170 valence electrons. The van der Waals surface area contributed by atoms with Gasteiger partial charge in [0, 0.05) is 35.4 Å². The molecule has 0 saturated heterocycles. The van der Waals surface area contributed by atoms with Crippen molar-refractivity contribution in [2.45, 2.75) is 44.1 Å². The Hall–Kier alpha value is -3.22. The van der Waals surface area contributed by atoms with Crippen molar-refractivity contribution in [2.75, 3.05) is 10.7 Å². The van der Waals surface area contributed by atoms with Crippen LogP contribution >= 0.6 is 23.4 Å². The number of nitro groups is 1. The van der Waals surface area contributed by atoms with Crippen LogP contribution in [0.15, 0.2) is 56.4 Å². The second kappa shape index (κ2) is 8.96. The minimum Gasteiger partial charge on any atom is -0.455 e. The smallest absolute Gasteiger partial charge is 0.271 e. The molecule has 10 heteroatoms. The maximum Gasteiger partial charge on any atom is 0.271 e. The second-order valence-corrected chi connectivity index (χ2v) is 9.39. The molecule has 1 aliphatic carbocycles. The molecule has 2 heterocycles. The van der Waals surface area contributed by atoms with E-state index < -0.39 is 10.8 Å². The molecule has 2 aliphatic rings. The highest BCUT2D eigenvalue weighted by molar-refractivity contribution is 7.99. The van der Waals surface area contributed by atoms with E-state index in [1.54, 1.807) is 0 Å². The Balaban J connectivity index is 2.00. The van der Waals surface area contributed by atoms with E-state index in [-0.39, 0.29) is 33.6 Å². The quantitative estimate of drug-likeness (QED) is 0.331. The zero-order valence-electron chi connectivity index (χ0n) is 18.1. The summed E-state index contributed by atoms with van der Waals surface area (Å²) in [5, 5.41) is 22.4. The van der Waals surface area contributed by atoms with Gasteiger partial charge in [-0.25, -0.2) is 0 Å². The molecule has 0 radical (unpaired) electrons. The summed E-state index contributed by atoms with van der Waals surface area (Å²) in [6, 6.07) is 8.06. The van der Waals surface area contributed by atoms with Crippen molar-refractivity contribution in [3.8, 4) is 6.07 Å². The number of Topliss-reactive ketones (excluding diaryl/α,β-unsaturated/α-hetero) is 1. The number of hydrogen-bond donors (Lipinski definition) is 1. The highest BCUT2D eigenvalue weighted by Gasteiger charge is 2.42. The molecule has 4 rings (SSSR count). The van der Waals surface area contributed by atoms with Gasteiger partial charge in [0.1, 0.15) is 11.6 Å². The molecular formula is C23H21ClN4O4S. The van der Waals surface area contributed by atoms with Gasteiger partial charge < -0.3 is 10.2 Å². The number of ketones is 1. The van der Waals surface area contributed by atoms with Gasteiger partial charge in [-0.2, -0.15) is 5.26 Å². The first-order chi connectivity index (χ1) is 15.8. The van der Waals surface area contributed by atoms with Crippen LogP contribution in [0.2, 0.25) is 5.02 Å². The van der Waals surface area contributed by atoms with Gasteiger partial charge in [-0.15, -0.1) is 0 Å². The normalized spacial score (nSPS) is 18.4. The highest BCUT2D eigenvalue weighted by atomic mass is 35.5. The van der Waals surface area contributed by atoms with Gasteiger partial charge in [0.25, 0.3) is 5.69 Å². The molecular weight excluding hydrogens is 464 g/mol. The predicted octanol–water partition coefficient (Wildman–Crippen LogP) is 5.57. The maximum atomic E-state index is 13.3. The Bertz CT molecular complexity index is 1270. The van der Waals surface area contributed by atoms with Crippen LogP contribution in [0, 0.1) is 28.4 Å². The number of carbonyl (C=O) groups is 1. The number of benzene rings is 1. The summed E-state index contributed by atoms with van der Waals surface area (Å²) in [7, 11) is 0. The van der Waals surface area contributed by atoms with E-state index in [4.69, 9.17) is 21.8 Å². The predicted molar refractivity (Wildman–Crippen MR) is 126 cm³/mol. The number of hydrogen-bond acceptors (Lipinski definition) is 8. The van der Waals surface area contributed by atoms with Crippen molar-refractivity contribution in [3.05, 3.63) is 73.4 Å². The molecule has 0 bridgehead atoms. The lowest BCUT2D eigenvalue weighted by molar-refractivity contribution is -0.384. The number of carbonyl (C=O) groups excluding carboxylic acids is 1. The van der Waals surface area contributed by atoms with Crippen LogP contribution in [-0.2, 0) is 4.79 Å². The number of nitrogens with zero attached hydrogens (tertiary/aromatic N) is 3. The van der Waals surface area contributed by atoms with Crippen molar-refractivity contribution < 1.29 is 14.1 Å². The van der Waals surface area contributed by atoms with E-state index in [2.05, 4.69) is 6.07 Å². The van der Waals surface area contributed by atoms with E-state index in [0.29, 0.717) is 41.4 Å². The fourth-order valence-corrected chi connectivity index (χ4v) is 5.41. The minimum absolute atomic E-state index is 0.0839. The minimum atomic E-state index is -0.668. The highest BCUT2D eigenvalue weighted by Crippen LogP contribution is 2.50. The average Bonchev–Trinajstić information content (AvgIpc) is 3.13. The largest absolute Gasteiger partial charge is 0.455 e. The monoisotopic (exact) mass is 484 g/mol. The Morgan fingerprint density at radius 3 is 2.82 bits per heavy atom. The molecule has 0 saturated carbocycles. The van der Waals surface area contributed by atoms with Gasteiger partial charge in [0.2, 0.25) is 0 Å². The first-order valence-corrected chi connectivity index (χ1v) is 11.8. The lowest BCUT2D eigenvalue weighted by Gasteiger charge is -2.39. The summed E-state index contributed by atoms with van der Waals surface area (Å²) < 4.78 is 5.87. The molecule has 1 aromatic heterocycles.